The van der Waals surface area contributed by atoms with Crippen LogP contribution in [0.1, 0.15) is 15.9 Å². The lowest BCUT2D eigenvalue weighted by Crippen LogP contribution is -2.07. The normalized spacial score (nSPS) is 10.9. The molecule has 1 rings (SSSR count). The summed E-state index contributed by atoms with van der Waals surface area (Å²) in [6.07, 6.45) is 0. The first-order chi connectivity index (χ1) is 8.28. The Morgan fingerprint density at radius 3 is 2.56 bits per heavy atom. The third kappa shape index (κ3) is 3.65. The highest BCUT2D eigenvalue weighted by Crippen LogP contribution is 2.40. The van der Waals surface area contributed by atoms with Crippen LogP contribution in [0.4, 0.5) is 13.2 Å². The van der Waals surface area contributed by atoms with Gasteiger partial charge in [0.2, 0.25) is 0 Å². The number of esters is 1. The number of halogens is 4. The Kier molecular flexibility index (Phi) is 4.65. The van der Waals surface area contributed by atoms with E-state index in [1.807, 2.05) is 0 Å². The van der Waals surface area contributed by atoms with E-state index in [0.29, 0.717) is 0 Å². The summed E-state index contributed by atoms with van der Waals surface area (Å²) in [4.78, 5) is 11.0. The second kappa shape index (κ2) is 5.63. The Hall–Kier alpha value is -1.20. The molecule has 0 saturated carbocycles. The van der Waals surface area contributed by atoms with Gasteiger partial charge in [0.15, 0.2) is 0 Å². The molecule has 0 unspecified atom stereocenters. The maximum absolute atomic E-state index is 12.3. The van der Waals surface area contributed by atoms with Crippen molar-refractivity contribution in [1.29, 1.82) is 5.26 Å². The van der Waals surface area contributed by atoms with E-state index in [1.54, 1.807) is 6.07 Å². The molecule has 8 heteroatoms. The largest absolute Gasteiger partial charge is 0.465 e. The van der Waals surface area contributed by atoms with Gasteiger partial charge >= 0.3 is 11.5 Å². The first kappa shape index (κ1) is 14.9. The topological polar surface area (TPSA) is 50.1 Å². The van der Waals surface area contributed by atoms with Crippen molar-refractivity contribution in [3.05, 3.63) is 27.7 Å². The summed E-state index contributed by atoms with van der Waals surface area (Å²) in [5, 5.41) is 8.74. The number of carbonyl (C=O) groups excluding carboxylic acids is 1. The fourth-order valence-corrected chi connectivity index (χ4v) is 2.23. The number of hydrogen-bond acceptors (Lipinski definition) is 4. The summed E-state index contributed by atoms with van der Waals surface area (Å²) in [7, 11) is 1.07. The molecule has 3 nitrogen and oxygen atoms in total. The van der Waals surface area contributed by atoms with Gasteiger partial charge in [-0.15, -0.1) is 0 Å². The van der Waals surface area contributed by atoms with E-state index in [0.717, 1.165) is 19.2 Å². The molecule has 0 amide bonds. The third-order valence-electron chi connectivity index (χ3n) is 1.82. The highest BCUT2D eigenvalue weighted by atomic mass is 79.9. The van der Waals surface area contributed by atoms with Crippen molar-refractivity contribution < 1.29 is 22.7 Å². The summed E-state index contributed by atoms with van der Waals surface area (Å²) in [6, 6.07) is 3.86. The molecule has 0 aliphatic heterocycles. The zero-order chi connectivity index (χ0) is 13.9. The minimum atomic E-state index is -4.55. The molecular formula is C10H5BrF3NO2S. The van der Waals surface area contributed by atoms with Crippen molar-refractivity contribution in [2.75, 3.05) is 7.11 Å². The molecule has 96 valence electrons. The minimum absolute atomic E-state index is 0.00871. The quantitative estimate of drug-likeness (QED) is 0.608. The van der Waals surface area contributed by atoms with Crippen LogP contribution in [-0.4, -0.2) is 18.6 Å². The van der Waals surface area contributed by atoms with Gasteiger partial charge < -0.3 is 4.74 Å². The molecule has 0 N–H and O–H groups in total. The average molecular weight is 340 g/mol. The van der Waals surface area contributed by atoms with E-state index in [1.165, 1.54) is 0 Å². The lowest BCUT2D eigenvalue weighted by atomic mass is 10.1. The standard InChI is InChI=1S/C10H5BrF3NO2S/c1-17-9(16)6-3-7(11)5(4-15)2-8(6)18-10(12,13)14/h2-3H,1H3. The van der Waals surface area contributed by atoms with E-state index < -0.39 is 23.2 Å². The fourth-order valence-electron chi connectivity index (χ4n) is 1.12. The molecule has 0 aromatic heterocycles. The molecular weight excluding hydrogens is 335 g/mol. The number of thioether (sulfide) groups is 1. The first-order valence-corrected chi connectivity index (χ1v) is 5.97. The maximum atomic E-state index is 12.3. The van der Waals surface area contributed by atoms with Crippen molar-refractivity contribution >= 4 is 33.7 Å². The molecule has 18 heavy (non-hydrogen) atoms. The van der Waals surface area contributed by atoms with Crippen molar-refractivity contribution in [3.63, 3.8) is 0 Å². The predicted molar refractivity (Wildman–Crippen MR) is 62.1 cm³/mol. The highest BCUT2D eigenvalue weighted by molar-refractivity contribution is 9.10. The Labute approximate surface area is 113 Å². The van der Waals surface area contributed by atoms with Crippen molar-refractivity contribution in [2.45, 2.75) is 10.4 Å². The van der Waals surface area contributed by atoms with Crippen LogP contribution in [0.15, 0.2) is 21.5 Å². The molecule has 0 radical (unpaired) electrons. The Morgan fingerprint density at radius 2 is 2.11 bits per heavy atom. The first-order valence-electron chi connectivity index (χ1n) is 4.36. The molecule has 1 aromatic carbocycles. The van der Waals surface area contributed by atoms with Gasteiger partial charge in [0.05, 0.1) is 18.2 Å². The van der Waals surface area contributed by atoms with Crippen LogP contribution in [0.3, 0.4) is 0 Å². The van der Waals surface area contributed by atoms with Crippen LogP contribution in [-0.2, 0) is 4.74 Å². The average Bonchev–Trinajstić information content (AvgIpc) is 2.28. The van der Waals surface area contributed by atoms with Gasteiger partial charge in [0, 0.05) is 9.37 Å². The van der Waals surface area contributed by atoms with Gasteiger partial charge in [-0.3, -0.25) is 0 Å². The van der Waals surface area contributed by atoms with Crippen LogP contribution in [0, 0.1) is 11.3 Å². The molecule has 0 aliphatic carbocycles. The van der Waals surface area contributed by atoms with Crippen LogP contribution < -0.4 is 0 Å². The zero-order valence-electron chi connectivity index (χ0n) is 8.84. The zero-order valence-corrected chi connectivity index (χ0v) is 11.2. The second-order valence-electron chi connectivity index (χ2n) is 2.98. The fraction of sp³-hybridized carbons (Fsp3) is 0.200. The highest BCUT2D eigenvalue weighted by Gasteiger charge is 2.32. The summed E-state index contributed by atoms with van der Waals surface area (Å²) in [5.74, 6) is -0.896. The minimum Gasteiger partial charge on any atom is -0.465 e. The van der Waals surface area contributed by atoms with Gasteiger partial charge in [-0.05, 0) is 39.8 Å². The molecule has 0 atom stereocenters. The summed E-state index contributed by atoms with van der Waals surface area (Å²) < 4.78 is 41.7. The maximum Gasteiger partial charge on any atom is 0.446 e. The van der Waals surface area contributed by atoms with E-state index >= 15 is 0 Å². The Morgan fingerprint density at radius 1 is 1.50 bits per heavy atom. The van der Waals surface area contributed by atoms with Crippen LogP contribution >= 0.6 is 27.7 Å². The van der Waals surface area contributed by atoms with Crippen LogP contribution in [0.5, 0.6) is 0 Å². The third-order valence-corrected chi connectivity index (χ3v) is 3.27. The SMILES string of the molecule is COC(=O)c1cc(Br)c(C#N)cc1SC(F)(F)F. The van der Waals surface area contributed by atoms with Crippen molar-refractivity contribution in [1.82, 2.24) is 0 Å². The number of benzene rings is 1. The number of nitriles is 1. The monoisotopic (exact) mass is 339 g/mol. The smallest absolute Gasteiger partial charge is 0.446 e. The van der Waals surface area contributed by atoms with Gasteiger partial charge in [0.1, 0.15) is 6.07 Å². The summed E-state index contributed by atoms with van der Waals surface area (Å²) in [5.41, 5.74) is -4.79. The molecule has 1 aromatic rings. The lowest BCUT2D eigenvalue weighted by Gasteiger charge is -2.11. The van der Waals surface area contributed by atoms with E-state index in [-0.39, 0.29) is 20.5 Å². The van der Waals surface area contributed by atoms with Crippen molar-refractivity contribution in [3.8, 4) is 6.07 Å². The lowest BCUT2D eigenvalue weighted by molar-refractivity contribution is -0.0328. The number of alkyl halides is 3. The summed E-state index contributed by atoms with van der Waals surface area (Å²) in [6.45, 7) is 0. The van der Waals surface area contributed by atoms with E-state index in [4.69, 9.17) is 5.26 Å². The van der Waals surface area contributed by atoms with Gasteiger partial charge in [0.25, 0.3) is 0 Å². The number of rotatable bonds is 2. The predicted octanol–water partition coefficient (Wildman–Crippen LogP) is 3.72. The Balaban J connectivity index is 3.36. The van der Waals surface area contributed by atoms with E-state index in [2.05, 4.69) is 20.7 Å². The molecule has 0 aliphatic rings. The number of hydrogen-bond donors (Lipinski definition) is 0. The number of methoxy groups -OCH3 is 1. The van der Waals surface area contributed by atoms with Gasteiger partial charge in [-0.2, -0.15) is 18.4 Å². The van der Waals surface area contributed by atoms with Crippen molar-refractivity contribution in [2.24, 2.45) is 0 Å². The molecule has 0 bridgehead atoms. The molecule has 0 fully saturated rings. The van der Waals surface area contributed by atoms with Crippen LogP contribution in [0.2, 0.25) is 0 Å². The molecule has 0 saturated heterocycles. The Bertz CT molecular complexity index is 525. The molecule has 0 spiro atoms. The molecule has 0 heterocycles. The number of nitrogens with zero attached hydrogens (tertiary/aromatic N) is 1. The van der Waals surface area contributed by atoms with Crippen LogP contribution in [0.25, 0.3) is 0 Å². The number of ether oxygens (including phenoxy) is 1. The number of carbonyl (C=O) groups is 1. The second-order valence-corrected chi connectivity index (χ2v) is 4.94. The van der Waals surface area contributed by atoms with Gasteiger partial charge in [-0.1, -0.05) is 0 Å². The summed E-state index contributed by atoms with van der Waals surface area (Å²) >= 11 is 2.53. The van der Waals surface area contributed by atoms with E-state index in [9.17, 15) is 18.0 Å². The van der Waals surface area contributed by atoms with Gasteiger partial charge in [-0.25, -0.2) is 4.79 Å².